The third-order valence-corrected chi connectivity index (χ3v) is 15.4. The normalized spacial score (nSPS) is 15.6. The highest BCUT2D eigenvalue weighted by Gasteiger charge is 2.34. The van der Waals surface area contributed by atoms with Crippen LogP contribution in [0.5, 0.6) is 0 Å². The van der Waals surface area contributed by atoms with E-state index in [0.29, 0.717) is 0 Å². The maximum atomic E-state index is 2.57. The quantitative estimate of drug-likeness (QED) is 0.122. The fraction of sp³-hybridized carbons (Fsp3) is 0.0370. The minimum absolute atomic E-state index is 0.843. The van der Waals surface area contributed by atoms with Gasteiger partial charge in [-0.3, -0.25) is 0 Å². The molecule has 2 nitrogen and oxygen atoms in total. The summed E-state index contributed by atoms with van der Waals surface area (Å²) in [7, 11) is -1.69. The molecule has 0 aromatic heterocycles. The average Bonchev–Trinajstić information content (AvgIpc) is 3.32. The van der Waals surface area contributed by atoms with E-state index >= 15 is 0 Å². The fourth-order valence-electron chi connectivity index (χ4n) is 7.67. The minimum atomic E-state index is -0.843. The average molecular weight is 783 g/mol. The van der Waals surface area contributed by atoms with Crippen LogP contribution in [0.3, 0.4) is 0 Å². The number of nitrogens with zero attached hydrogens (tertiary/aromatic N) is 2. The van der Waals surface area contributed by atoms with Gasteiger partial charge in [0.1, 0.15) is 0 Å². The van der Waals surface area contributed by atoms with Crippen molar-refractivity contribution < 1.29 is 8.69 Å². The van der Waals surface area contributed by atoms with Gasteiger partial charge in [-0.1, -0.05) is 146 Å². The first-order valence-electron chi connectivity index (χ1n) is 19.9. The molecule has 2 aliphatic rings. The summed E-state index contributed by atoms with van der Waals surface area (Å²) in [4.78, 5) is 0. The first-order valence-corrected chi connectivity index (χ1v) is 22.5. The Morgan fingerprint density at radius 3 is 0.828 bits per heavy atom. The Balaban J connectivity index is 1.00. The molecule has 0 N–H and O–H groups in total. The van der Waals surface area contributed by atoms with Gasteiger partial charge in [-0.05, 0) is 83.0 Å². The zero-order chi connectivity index (χ0) is 38.9. The van der Waals surface area contributed by atoms with E-state index in [4.69, 9.17) is 0 Å². The van der Waals surface area contributed by atoms with E-state index in [1.54, 1.807) is 0 Å². The Labute approximate surface area is 345 Å². The van der Waals surface area contributed by atoms with E-state index in [-0.39, 0.29) is 0 Å². The van der Waals surface area contributed by atoms with Crippen LogP contribution in [-0.4, -0.2) is 20.1 Å². The molecule has 278 valence electrons. The number of rotatable bonds is 10. The van der Waals surface area contributed by atoms with Crippen LogP contribution >= 0.6 is 16.1 Å². The highest BCUT2D eigenvalue weighted by Crippen LogP contribution is 2.43. The SMILES string of the molecule is C1=CC(=[N+](c2ccccc2)P(c2ccccc2)c2ccccc2)CC=C1c1ccc(C2=CCC(=[N+](c3ccccc3)P(c3ccccc3)c3ccccc3)C=C2)cc1. The molecule has 7 aromatic carbocycles. The second-order valence-electron chi connectivity index (χ2n) is 14.2. The van der Waals surface area contributed by atoms with E-state index in [1.807, 2.05) is 0 Å². The van der Waals surface area contributed by atoms with Crippen molar-refractivity contribution in [3.05, 3.63) is 254 Å². The van der Waals surface area contributed by atoms with Crippen LogP contribution in [-0.2, 0) is 0 Å². The lowest BCUT2D eigenvalue weighted by atomic mass is 9.94. The van der Waals surface area contributed by atoms with E-state index in [0.717, 1.165) is 12.8 Å². The lowest BCUT2D eigenvalue weighted by Crippen LogP contribution is -2.23. The van der Waals surface area contributed by atoms with E-state index in [2.05, 4.69) is 251 Å². The van der Waals surface area contributed by atoms with E-state index in [9.17, 15) is 0 Å². The van der Waals surface area contributed by atoms with E-state index < -0.39 is 16.1 Å². The first kappa shape index (κ1) is 37.3. The zero-order valence-electron chi connectivity index (χ0n) is 32.3. The topological polar surface area (TPSA) is 6.02 Å². The van der Waals surface area contributed by atoms with Gasteiger partial charge in [-0.15, -0.1) is 0 Å². The van der Waals surface area contributed by atoms with Crippen molar-refractivity contribution in [3.8, 4) is 0 Å². The first-order chi connectivity index (χ1) is 28.8. The summed E-state index contributed by atoms with van der Waals surface area (Å²) in [5.41, 5.74) is 9.98. The summed E-state index contributed by atoms with van der Waals surface area (Å²) < 4.78 is 5.14. The maximum Gasteiger partial charge on any atom is 0.251 e. The summed E-state index contributed by atoms with van der Waals surface area (Å²) >= 11 is 0. The molecule has 0 saturated carbocycles. The maximum absolute atomic E-state index is 2.57. The van der Waals surface area contributed by atoms with Crippen LogP contribution in [0.4, 0.5) is 11.4 Å². The summed E-state index contributed by atoms with van der Waals surface area (Å²) in [6.07, 6.45) is 15.7. The minimum Gasteiger partial charge on any atom is -0.173 e. The number of benzene rings is 7. The number of allylic oxidation sites excluding steroid dienone is 8. The third-order valence-electron chi connectivity index (χ3n) is 10.5. The number of hydrogen-bond acceptors (Lipinski definition) is 0. The van der Waals surface area contributed by atoms with Gasteiger partial charge in [-0.25, -0.2) is 0 Å². The Morgan fingerprint density at radius 1 is 0.293 bits per heavy atom. The van der Waals surface area contributed by atoms with Crippen molar-refractivity contribution in [2.75, 3.05) is 0 Å². The molecule has 0 spiro atoms. The van der Waals surface area contributed by atoms with Crippen LogP contribution in [0.2, 0.25) is 0 Å². The van der Waals surface area contributed by atoms with Crippen molar-refractivity contribution in [1.29, 1.82) is 0 Å². The van der Waals surface area contributed by atoms with Crippen molar-refractivity contribution >= 4 is 71.3 Å². The predicted octanol–water partition coefficient (Wildman–Crippen LogP) is 12.0. The largest absolute Gasteiger partial charge is 0.251 e. The molecule has 0 unspecified atom stereocenters. The lowest BCUT2D eigenvalue weighted by Gasteiger charge is -2.19. The molecule has 0 saturated heterocycles. The monoisotopic (exact) mass is 782 g/mol. The third kappa shape index (κ3) is 8.23. The summed E-state index contributed by atoms with van der Waals surface area (Å²) in [5, 5.41) is 5.32. The Bertz CT molecular complexity index is 2400. The predicted molar refractivity (Wildman–Crippen MR) is 251 cm³/mol. The van der Waals surface area contributed by atoms with Gasteiger partial charge >= 0.3 is 0 Å². The number of hydrogen-bond donors (Lipinski definition) is 0. The molecule has 0 aliphatic heterocycles. The van der Waals surface area contributed by atoms with Gasteiger partial charge in [0.2, 0.25) is 11.4 Å². The van der Waals surface area contributed by atoms with Gasteiger partial charge in [-0.2, -0.15) is 8.69 Å². The van der Waals surface area contributed by atoms with Crippen LogP contribution in [0.1, 0.15) is 24.0 Å². The highest BCUT2D eigenvalue weighted by molar-refractivity contribution is 7.68. The Kier molecular flexibility index (Phi) is 11.5. The van der Waals surface area contributed by atoms with Crippen molar-refractivity contribution in [2.24, 2.45) is 0 Å². The molecule has 58 heavy (non-hydrogen) atoms. The summed E-state index contributed by atoms with van der Waals surface area (Å²) in [6.45, 7) is 0. The van der Waals surface area contributed by atoms with Gasteiger partial charge in [0.25, 0.3) is 16.1 Å². The molecule has 0 atom stereocenters. The van der Waals surface area contributed by atoms with Crippen LogP contribution < -0.4 is 21.2 Å². The molecule has 0 amide bonds. The van der Waals surface area contributed by atoms with Crippen molar-refractivity contribution in [2.45, 2.75) is 12.8 Å². The van der Waals surface area contributed by atoms with Crippen molar-refractivity contribution in [1.82, 2.24) is 0 Å². The Hall–Kier alpha value is -6.30. The van der Waals surface area contributed by atoms with Crippen LogP contribution in [0.25, 0.3) is 11.1 Å². The molecule has 7 aromatic rings. The molecule has 4 heteroatoms. The smallest absolute Gasteiger partial charge is 0.173 e. The number of para-hydroxylation sites is 2. The second kappa shape index (κ2) is 17.9. The zero-order valence-corrected chi connectivity index (χ0v) is 34.1. The molecule has 0 fully saturated rings. The molecule has 2 aliphatic carbocycles. The summed E-state index contributed by atoms with van der Waals surface area (Å²) in [5.74, 6) is 0. The van der Waals surface area contributed by atoms with Crippen LogP contribution in [0.15, 0.2) is 243 Å². The lowest BCUT2D eigenvalue weighted by molar-refractivity contribution is -0.253. The molecular formula is C54H44N2P2+2. The summed E-state index contributed by atoms with van der Waals surface area (Å²) in [6, 6.07) is 74.7. The van der Waals surface area contributed by atoms with Gasteiger partial charge in [0.15, 0.2) is 11.4 Å². The van der Waals surface area contributed by atoms with E-state index in [1.165, 1.54) is 66.3 Å². The van der Waals surface area contributed by atoms with Gasteiger partial charge < -0.3 is 0 Å². The molecule has 0 heterocycles. The highest BCUT2D eigenvalue weighted by atomic mass is 31.1. The van der Waals surface area contributed by atoms with Gasteiger partial charge in [0.05, 0.1) is 12.8 Å². The molecular weight excluding hydrogens is 739 g/mol. The standard InChI is InChI=1S/C54H44N2P2/c1-7-19-47(20-8-1)55(57(51-23-11-3-12-24-51)52-25-13-4-14-26-52)49-39-35-45(36-40-49)43-31-33-44(34-32-43)46-37-41-50(42-38-46)56(48-21-9-2-10-22-48)58(53-27-15-5-16-28-53)54-29-17-6-18-30-54/h1-39,41H,40,42H2/q+2. The molecule has 0 radical (unpaired) electrons. The van der Waals surface area contributed by atoms with Gasteiger partial charge in [0, 0.05) is 57.6 Å². The Morgan fingerprint density at radius 2 is 0.569 bits per heavy atom. The molecule has 0 bridgehead atoms. The van der Waals surface area contributed by atoms with Crippen molar-refractivity contribution in [3.63, 3.8) is 0 Å². The second-order valence-corrected chi connectivity index (χ2v) is 18.3. The molecule has 9 rings (SSSR count). The van der Waals surface area contributed by atoms with Crippen LogP contribution in [0, 0.1) is 0 Å². The fourth-order valence-corrected chi connectivity index (χ4v) is 12.5.